The van der Waals surface area contributed by atoms with Crippen molar-refractivity contribution in [2.45, 2.75) is 24.8 Å². The molecule has 2 aromatic carbocycles. The van der Waals surface area contributed by atoms with Crippen LogP contribution in [0.2, 0.25) is 0 Å². The van der Waals surface area contributed by atoms with Crippen molar-refractivity contribution in [3.8, 4) is 0 Å². The number of ether oxygens (including phenoxy) is 1. The van der Waals surface area contributed by atoms with Gasteiger partial charge in [-0.1, -0.05) is 37.3 Å². The molecule has 0 fully saturated rings. The molecule has 0 saturated heterocycles. The van der Waals surface area contributed by atoms with E-state index in [0.29, 0.717) is 0 Å². The number of carbonyl (C=O) groups excluding carboxylic acids is 2. The van der Waals surface area contributed by atoms with Crippen molar-refractivity contribution >= 4 is 21.9 Å². The van der Waals surface area contributed by atoms with Crippen molar-refractivity contribution < 1.29 is 22.7 Å². The molecule has 0 aliphatic rings. The molecule has 2 rings (SSSR count). The summed E-state index contributed by atoms with van der Waals surface area (Å²) in [5.41, 5.74) is 1.10. The topological polar surface area (TPSA) is 102 Å². The lowest BCUT2D eigenvalue weighted by Crippen LogP contribution is -2.31. The van der Waals surface area contributed by atoms with Gasteiger partial charge in [0.25, 0.3) is 5.91 Å². The average Bonchev–Trinajstić information content (AvgIpc) is 2.67. The van der Waals surface area contributed by atoms with Crippen LogP contribution in [0.4, 0.5) is 0 Å². The second-order valence-electron chi connectivity index (χ2n) is 5.80. The lowest BCUT2D eigenvalue weighted by Gasteiger charge is -2.14. The highest BCUT2D eigenvalue weighted by Crippen LogP contribution is 2.12. The van der Waals surface area contributed by atoms with E-state index in [2.05, 4.69) is 10.0 Å². The monoisotopic (exact) mass is 390 g/mol. The van der Waals surface area contributed by atoms with Gasteiger partial charge >= 0.3 is 5.97 Å². The molecule has 1 amide bonds. The lowest BCUT2D eigenvalue weighted by molar-refractivity contribution is -0.124. The van der Waals surface area contributed by atoms with Crippen LogP contribution in [-0.4, -0.2) is 33.4 Å². The zero-order valence-corrected chi connectivity index (χ0v) is 16.0. The highest BCUT2D eigenvalue weighted by Gasteiger charge is 2.16. The molecule has 0 radical (unpaired) electrons. The van der Waals surface area contributed by atoms with Crippen LogP contribution in [-0.2, 0) is 19.6 Å². The fourth-order valence-electron chi connectivity index (χ4n) is 2.37. The van der Waals surface area contributed by atoms with E-state index in [1.54, 1.807) is 6.92 Å². The molecule has 27 heavy (non-hydrogen) atoms. The minimum Gasteiger partial charge on any atom is -0.452 e. The van der Waals surface area contributed by atoms with Crippen molar-refractivity contribution in [2.75, 3.05) is 13.2 Å². The van der Waals surface area contributed by atoms with Gasteiger partial charge in [0.15, 0.2) is 6.61 Å². The maximum Gasteiger partial charge on any atom is 0.338 e. The van der Waals surface area contributed by atoms with E-state index in [9.17, 15) is 18.0 Å². The van der Waals surface area contributed by atoms with Crippen LogP contribution >= 0.6 is 0 Å². The first-order valence-electron chi connectivity index (χ1n) is 8.44. The first-order chi connectivity index (χ1) is 12.8. The summed E-state index contributed by atoms with van der Waals surface area (Å²) in [6, 6.07) is 14.5. The molecule has 0 aromatic heterocycles. The maximum atomic E-state index is 12.0. The van der Waals surface area contributed by atoms with Gasteiger partial charge in [-0.25, -0.2) is 17.9 Å². The molecule has 0 spiro atoms. The smallest absolute Gasteiger partial charge is 0.338 e. The predicted octanol–water partition coefficient (Wildman–Crippen LogP) is 2.02. The van der Waals surface area contributed by atoms with Crippen LogP contribution in [0.1, 0.15) is 35.8 Å². The summed E-state index contributed by atoms with van der Waals surface area (Å²) in [7, 11) is -3.58. The highest BCUT2D eigenvalue weighted by molar-refractivity contribution is 7.89. The van der Waals surface area contributed by atoms with E-state index >= 15 is 0 Å². The van der Waals surface area contributed by atoms with Gasteiger partial charge in [0, 0.05) is 6.54 Å². The SMILES string of the molecule is CCNS(=O)(=O)c1ccc(C(=O)OCC(=O)NC(C)c2ccccc2)cc1. The summed E-state index contributed by atoms with van der Waals surface area (Å²) in [6.07, 6.45) is 0. The number of hydrogen-bond acceptors (Lipinski definition) is 5. The molecule has 1 atom stereocenters. The van der Waals surface area contributed by atoms with Crippen LogP contribution in [0, 0.1) is 0 Å². The number of hydrogen-bond donors (Lipinski definition) is 2. The van der Waals surface area contributed by atoms with Crippen molar-refractivity contribution in [3.63, 3.8) is 0 Å². The number of carbonyl (C=O) groups is 2. The Kier molecular flexibility index (Phi) is 7.09. The van der Waals surface area contributed by atoms with Gasteiger partial charge in [0.2, 0.25) is 10.0 Å². The van der Waals surface area contributed by atoms with Crippen LogP contribution in [0.25, 0.3) is 0 Å². The summed E-state index contributed by atoms with van der Waals surface area (Å²) in [4.78, 5) is 24.0. The van der Waals surface area contributed by atoms with Gasteiger partial charge in [-0.2, -0.15) is 0 Å². The van der Waals surface area contributed by atoms with Gasteiger partial charge < -0.3 is 10.1 Å². The maximum absolute atomic E-state index is 12.0. The lowest BCUT2D eigenvalue weighted by atomic mass is 10.1. The fraction of sp³-hybridized carbons (Fsp3) is 0.263. The van der Waals surface area contributed by atoms with E-state index in [4.69, 9.17) is 4.74 Å². The molecule has 1 unspecified atom stereocenters. The molecule has 0 aliphatic heterocycles. The minimum atomic E-state index is -3.58. The van der Waals surface area contributed by atoms with Crippen molar-refractivity contribution in [1.29, 1.82) is 0 Å². The Hall–Kier alpha value is -2.71. The second kappa shape index (κ2) is 9.29. The van der Waals surface area contributed by atoms with Gasteiger partial charge in [0.1, 0.15) is 0 Å². The number of nitrogens with one attached hydrogen (secondary N) is 2. The molecule has 0 aliphatic carbocycles. The Morgan fingerprint density at radius 3 is 2.26 bits per heavy atom. The fourth-order valence-corrected chi connectivity index (χ4v) is 3.41. The second-order valence-corrected chi connectivity index (χ2v) is 7.57. The average molecular weight is 390 g/mol. The van der Waals surface area contributed by atoms with Crippen molar-refractivity contribution in [2.24, 2.45) is 0 Å². The van der Waals surface area contributed by atoms with Gasteiger partial charge in [-0.3, -0.25) is 4.79 Å². The Morgan fingerprint density at radius 1 is 1.04 bits per heavy atom. The van der Waals surface area contributed by atoms with E-state index < -0.39 is 28.5 Å². The zero-order chi connectivity index (χ0) is 19.9. The van der Waals surface area contributed by atoms with E-state index in [0.717, 1.165) is 5.56 Å². The Labute approximate surface area is 158 Å². The zero-order valence-electron chi connectivity index (χ0n) is 15.1. The van der Waals surface area contributed by atoms with E-state index in [1.165, 1.54) is 24.3 Å². The normalized spacial score (nSPS) is 12.2. The summed E-state index contributed by atoms with van der Waals surface area (Å²) in [6.45, 7) is 3.35. The van der Waals surface area contributed by atoms with Crippen LogP contribution < -0.4 is 10.0 Å². The van der Waals surface area contributed by atoms with Crippen molar-refractivity contribution in [3.05, 3.63) is 65.7 Å². The molecule has 2 aromatic rings. The Morgan fingerprint density at radius 2 is 1.67 bits per heavy atom. The third kappa shape index (κ3) is 5.90. The summed E-state index contributed by atoms with van der Waals surface area (Å²) in [5.74, 6) is -1.13. The Balaban J connectivity index is 1.89. The Bertz CT molecular complexity index is 880. The third-order valence-corrected chi connectivity index (χ3v) is 5.31. The minimum absolute atomic E-state index is 0.0512. The van der Waals surface area contributed by atoms with Gasteiger partial charge in [-0.05, 0) is 36.8 Å². The van der Waals surface area contributed by atoms with Crippen LogP contribution in [0.5, 0.6) is 0 Å². The summed E-state index contributed by atoms with van der Waals surface area (Å²) < 4.78 is 31.1. The molecule has 2 N–H and O–H groups in total. The molecule has 7 nitrogen and oxygen atoms in total. The van der Waals surface area contributed by atoms with Crippen LogP contribution in [0.15, 0.2) is 59.5 Å². The van der Waals surface area contributed by atoms with Gasteiger partial charge in [0.05, 0.1) is 16.5 Å². The van der Waals surface area contributed by atoms with E-state index in [1.807, 2.05) is 37.3 Å². The number of benzene rings is 2. The first kappa shape index (κ1) is 20.6. The molecule has 0 bridgehead atoms. The first-order valence-corrected chi connectivity index (χ1v) is 9.93. The third-order valence-electron chi connectivity index (χ3n) is 3.75. The number of rotatable bonds is 8. The number of esters is 1. The molecule has 8 heteroatoms. The largest absolute Gasteiger partial charge is 0.452 e. The quantitative estimate of drug-likeness (QED) is 0.672. The van der Waals surface area contributed by atoms with Crippen molar-refractivity contribution in [1.82, 2.24) is 10.0 Å². The highest BCUT2D eigenvalue weighted by atomic mass is 32.2. The molecule has 0 saturated carbocycles. The van der Waals surface area contributed by atoms with Crippen LogP contribution in [0.3, 0.4) is 0 Å². The van der Waals surface area contributed by atoms with Gasteiger partial charge in [-0.15, -0.1) is 0 Å². The van der Waals surface area contributed by atoms with E-state index in [-0.39, 0.29) is 23.0 Å². The molecule has 0 heterocycles. The molecular weight excluding hydrogens is 368 g/mol. The number of amides is 1. The standard InChI is InChI=1S/C19H22N2O5S/c1-3-20-27(24,25)17-11-9-16(10-12-17)19(23)26-13-18(22)21-14(2)15-7-5-4-6-8-15/h4-12,14,20H,3,13H2,1-2H3,(H,21,22). The summed E-state index contributed by atoms with van der Waals surface area (Å²) in [5, 5.41) is 2.74. The molecular formula is C19H22N2O5S. The number of sulfonamides is 1. The predicted molar refractivity (Wildman–Crippen MR) is 101 cm³/mol. The molecule has 144 valence electrons. The summed E-state index contributed by atoms with van der Waals surface area (Å²) >= 11 is 0.